The molecule has 2 N–H and O–H groups in total. The third-order valence-electron chi connectivity index (χ3n) is 2.65. The van der Waals surface area contributed by atoms with Crippen LogP contribution in [0.15, 0.2) is 18.2 Å². The molecule has 0 aromatic heterocycles. The summed E-state index contributed by atoms with van der Waals surface area (Å²) < 4.78 is 5.08. The van der Waals surface area contributed by atoms with Gasteiger partial charge in [-0.1, -0.05) is 32.4 Å². The van der Waals surface area contributed by atoms with Crippen molar-refractivity contribution >= 4 is 17.4 Å². The molecule has 1 atom stereocenters. The van der Waals surface area contributed by atoms with Gasteiger partial charge in [-0.2, -0.15) is 0 Å². The molecule has 94 valence electrons. The lowest BCUT2D eigenvalue weighted by Crippen LogP contribution is -2.42. The second-order valence-electron chi connectivity index (χ2n) is 5.06. The van der Waals surface area contributed by atoms with Gasteiger partial charge in [0.2, 0.25) is 0 Å². The van der Waals surface area contributed by atoms with Crippen LogP contribution in [0, 0.1) is 5.41 Å². The molecule has 0 bridgehead atoms. The van der Waals surface area contributed by atoms with E-state index in [0.29, 0.717) is 16.3 Å². The molecule has 0 heterocycles. The summed E-state index contributed by atoms with van der Waals surface area (Å²) in [5.41, 5.74) is 6.18. The molecule has 4 heteroatoms. The number of ketones is 1. The molecule has 0 aliphatic carbocycles. The SMILES string of the molecule is COc1cc(C(=O)C(N)C(C)(C)C)ccc1Cl. The molecule has 0 fully saturated rings. The van der Waals surface area contributed by atoms with Crippen molar-refractivity contribution in [1.82, 2.24) is 0 Å². The largest absolute Gasteiger partial charge is 0.495 e. The Hall–Kier alpha value is -1.06. The first-order valence-corrected chi connectivity index (χ1v) is 5.78. The first kappa shape index (κ1) is 14.0. The summed E-state index contributed by atoms with van der Waals surface area (Å²) in [6.45, 7) is 5.80. The lowest BCUT2D eigenvalue weighted by molar-refractivity contribution is 0.0901. The van der Waals surface area contributed by atoms with Gasteiger partial charge < -0.3 is 10.5 Å². The fourth-order valence-electron chi connectivity index (χ4n) is 1.39. The number of carbonyl (C=O) groups excluding carboxylic acids is 1. The number of benzene rings is 1. The van der Waals surface area contributed by atoms with E-state index in [1.807, 2.05) is 20.8 Å². The Morgan fingerprint density at radius 1 is 1.41 bits per heavy atom. The lowest BCUT2D eigenvalue weighted by Gasteiger charge is -2.25. The van der Waals surface area contributed by atoms with E-state index >= 15 is 0 Å². The van der Waals surface area contributed by atoms with Crippen molar-refractivity contribution in [1.29, 1.82) is 0 Å². The van der Waals surface area contributed by atoms with Crippen LogP contribution >= 0.6 is 11.6 Å². The molecule has 0 aliphatic heterocycles. The maximum atomic E-state index is 12.1. The first-order valence-electron chi connectivity index (χ1n) is 5.40. The van der Waals surface area contributed by atoms with Gasteiger partial charge in [-0.05, 0) is 23.6 Å². The van der Waals surface area contributed by atoms with Crippen molar-refractivity contribution in [3.8, 4) is 5.75 Å². The summed E-state index contributed by atoms with van der Waals surface area (Å²) in [4.78, 5) is 12.1. The number of rotatable bonds is 3. The number of carbonyl (C=O) groups is 1. The third kappa shape index (κ3) is 3.20. The highest BCUT2D eigenvalue weighted by Crippen LogP contribution is 2.27. The Bertz CT molecular complexity index is 424. The third-order valence-corrected chi connectivity index (χ3v) is 2.96. The van der Waals surface area contributed by atoms with Gasteiger partial charge in [0.25, 0.3) is 0 Å². The Labute approximate surface area is 107 Å². The number of ether oxygens (including phenoxy) is 1. The molecule has 0 saturated carbocycles. The van der Waals surface area contributed by atoms with Crippen molar-refractivity contribution in [2.75, 3.05) is 7.11 Å². The standard InChI is InChI=1S/C13H18ClNO2/c1-13(2,3)12(15)11(16)8-5-6-9(14)10(7-8)17-4/h5-7,12H,15H2,1-4H3. The molecule has 3 nitrogen and oxygen atoms in total. The molecule has 0 radical (unpaired) electrons. The number of nitrogens with two attached hydrogens (primary N) is 1. The monoisotopic (exact) mass is 255 g/mol. The summed E-state index contributed by atoms with van der Waals surface area (Å²) in [5, 5.41) is 0.480. The fraction of sp³-hybridized carbons (Fsp3) is 0.462. The van der Waals surface area contributed by atoms with E-state index in [-0.39, 0.29) is 11.2 Å². The van der Waals surface area contributed by atoms with Crippen LogP contribution in [-0.2, 0) is 0 Å². The number of hydrogen-bond acceptors (Lipinski definition) is 3. The molecular formula is C13H18ClNO2. The Kier molecular flexibility index (Phi) is 4.17. The molecule has 1 aromatic carbocycles. The number of methoxy groups -OCH3 is 1. The number of hydrogen-bond donors (Lipinski definition) is 1. The van der Waals surface area contributed by atoms with Crippen LogP contribution in [0.1, 0.15) is 31.1 Å². The second kappa shape index (κ2) is 5.07. The maximum absolute atomic E-state index is 12.1. The first-order chi connectivity index (χ1) is 7.77. The number of Topliss-reactive ketones (excluding diaryl/α,β-unsaturated/α-hetero) is 1. The normalized spacial score (nSPS) is 13.3. The quantitative estimate of drug-likeness (QED) is 0.845. The van der Waals surface area contributed by atoms with Crippen LogP contribution in [0.5, 0.6) is 5.75 Å². The molecule has 0 amide bonds. The average Bonchev–Trinajstić information content (AvgIpc) is 2.26. The predicted molar refractivity (Wildman–Crippen MR) is 69.8 cm³/mol. The lowest BCUT2D eigenvalue weighted by atomic mass is 9.83. The van der Waals surface area contributed by atoms with Crippen molar-refractivity contribution in [2.24, 2.45) is 11.1 Å². The molecule has 0 saturated heterocycles. The highest BCUT2D eigenvalue weighted by atomic mass is 35.5. The van der Waals surface area contributed by atoms with Gasteiger partial charge in [0.05, 0.1) is 18.2 Å². The van der Waals surface area contributed by atoms with Crippen LogP contribution in [0.25, 0.3) is 0 Å². The zero-order valence-corrected chi connectivity index (χ0v) is 11.3. The van der Waals surface area contributed by atoms with E-state index in [2.05, 4.69) is 0 Å². The van der Waals surface area contributed by atoms with Crippen molar-refractivity contribution < 1.29 is 9.53 Å². The smallest absolute Gasteiger partial charge is 0.180 e. The van der Waals surface area contributed by atoms with Crippen LogP contribution in [0.3, 0.4) is 0 Å². The Morgan fingerprint density at radius 3 is 2.47 bits per heavy atom. The Morgan fingerprint density at radius 2 is 2.00 bits per heavy atom. The van der Waals surface area contributed by atoms with Gasteiger partial charge in [0.15, 0.2) is 5.78 Å². The predicted octanol–water partition coefficient (Wildman–Crippen LogP) is 2.90. The fourth-order valence-corrected chi connectivity index (χ4v) is 1.58. The minimum Gasteiger partial charge on any atom is -0.495 e. The molecule has 1 unspecified atom stereocenters. The van der Waals surface area contributed by atoms with Crippen LogP contribution in [0.4, 0.5) is 0 Å². The van der Waals surface area contributed by atoms with Gasteiger partial charge in [-0.3, -0.25) is 4.79 Å². The summed E-state index contributed by atoms with van der Waals surface area (Å²) >= 11 is 5.90. The van der Waals surface area contributed by atoms with E-state index in [1.165, 1.54) is 7.11 Å². The van der Waals surface area contributed by atoms with Gasteiger partial charge in [-0.25, -0.2) is 0 Å². The van der Waals surface area contributed by atoms with E-state index in [1.54, 1.807) is 18.2 Å². The van der Waals surface area contributed by atoms with Crippen molar-refractivity contribution in [3.05, 3.63) is 28.8 Å². The van der Waals surface area contributed by atoms with Crippen LogP contribution < -0.4 is 10.5 Å². The van der Waals surface area contributed by atoms with E-state index in [4.69, 9.17) is 22.1 Å². The zero-order valence-electron chi connectivity index (χ0n) is 10.6. The van der Waals surface area contributed by atoms with Gasteiger partial charge >= 0.3 is 0 Å². The van der Waals surface area contributed by atoms with Gasteiger partial charge in [-0.15, -0.1) is 0 Å². The minimum atomic E-state index is -0.548. The Balaban J connectivity index is 3.05. The highest BCUT2D eigenvalue weighted by molar-refractivity contribution is 6.32. The number of halogens is 1. The summed E-state index contributed by atoms with van der Waals surface area (Å²) in [6, 6.07) is 4.38. The van der Waals surface area contributed by atoms with Gasteiger partial charge in [0.1, 0.15) is 5.75 Å². The zero-order chi connectivity index (χ0) is 13.2. The van der Waals surface area contributed by atoms with Crippen LogP contribution in [0.2, 0.25) is 5.02 Å². The summed E-state index contributed by atoms with van der Waals surface area (Å²) in [5.74, 6) is 0.381. The molecular weight excluding hydrogens is 238 g/mol. The summed E-state index contributed by atoms with van der Waals surface area (Å²) in [7, 11) is 1.51. The van der Waals surface area contributed by atoms with E-state index in [0.717, 1.165) is 0 Å². The summed E-state index contributed by atoms with van der Waals surface area (Å²) in [6.07, 6.45) is 0. The molecule has 0 aliphatic rings. The topological polar surface area (TPSA) is 52.3 Å². The molecule has 0 spiro atoms. The van der Waals surface area contributed by atoms with Crippen LogP contribution in [-0.4, -0.2) is 18.9 Å². The highest BCUT2D eigenvalue weighted by Gasteiger charge is 2.28. The van der Waals surface area contributed by atoms with E-state index < -0.39 is 6.04 Å². The minimum absolute atomic E-state index is 0.104. The maximum Gasteiger partial charge on any atom is 0.180 e. The molecule has 1 rings (SSSR count). The van der Waals surface area contributed by atoms with E-state index in [9.17, 15) is 4.79 Å². The average molecular weight is 256 g/mol. The molecule has 17 heavy (non-hydrogen) atoms. The van der Waals surface area contributed by atoms with Crippen molar-refractivity contribution in [2.45, 2.75) is 26.8 Å². The van der Waals surface area contributed by atoms with Crippen molar-refractivity contribution in [3.63, 3.8) is 0 Å². The van der Waals surface area contributed by atoms with Gasteiger partial charge in [0, 0.05) is 5.56 Å². The molecule has 1 aromatic rings. The second-order valence-corrected chi connectivity index (χ2v) is 5.46.